The number of alkyl halides is 5. The quantitative estimate of drug-likeness (QED) is 0.185. The van der Waals surface area contributed by atoms with Crippen molar-refractivity contribution in [3.05, 3.63) is 50.8 Å². The number of halogens is 7. The molecule has 0 aliphatic heterocycles. The average molecular weight is 681 g/mol. The maximum Gasteiger partial charge on any atom is 0.391 e. The molecule has 0 unspecified atom stereocenters. The van der Waals surface area contributed by atoms with Crippen LogP contribution in [0.25, 0.3) is 11.2 Å². The van der Waals surface area contributed by atoms with Crippen LogP contribution in [0.3, 0.4) is 0 Å². The number of fused-ring (bicyclic) bond motifs is 1. The van der Waals surface area contributed by atoms with Gasteiger partial charge in [-0.1, -0.05) is 29.3 Å². The van der Waals surface area contributed by atoms with Crippen molar-refractivity contribution < 1.29 is 41.4 Å². The van der Waals surface area contributed by atoms with Crippen molar-refractivity contribution in [1.29, 1.82) is 0 Å². The maximum atomic E-state index is 13.2. The Bertz CT molecular complexity index is 1540. The normalized spacial score (nSPS) is 17.5. The molecule has 0 bridgehead atoms. The zero-order valence-electron chi connectivity index (χ0n) is 24.3. The number of H-pyrrole nitrogens is 1. The fourth-order valence-corrected chi connectivity index (χ4v) is 5.47. The number of benzene rings is 1. The second-order valence-corrected chi connectivity index (χ2v) is 12.3. The third kappa shape index (κ3) is 8.53. The van der Waals surface area contributed by atoms with Gasteiger partial charge in [-0.05, 0) is 62.8 Å². The van der Waals surface area contributed by atoms with Gasteiger partial charge < -0.3 is 25.5 Å². The van der Waals surface area contributed by atoms with Crippen LogP contribution in [0, 0.1) is 11.3 Å². The highest BCUT2D eigenvalue weighted by Gasteiger charge is 2.41. The van der Waals surface area contributed by atoms with E-state index in [1.165, 1.54) is 6.07 Å². The maximum absolute atomic E-state index is 13.2. The number of hydrogen-bond acceptors (Lipinski definition) is 6. The van der Waals surface area contributed by atoms with Crippen LogP contribution in [0.2, 0.25) is 10.0 Å². The lowest BCUT2D eigenvalue weighted by molar-refractivity contribution is -0.182. The van der Waals surface area contributed by atoms with Gasteiger partial charge in [-0.3, -0.25) is 9.59 Å². The summed E-state index contributed by atoms with van der Waals surface area (Å²) < 4.78 is 70.2. The lowest BCUT2D eigenvalue weighted by Crippen LogP contribution is -2.40. The van der Waals surface area contributed by atoms with Crippen LogP contribution in [0.15, 0.2) is 18.2 Å². The van der Waals surface area contributed by atoms with E-state index in [0.29, 0.717) is 22.0 Å². The first kappa shape index (κ1) is 34.6. The molecule has 1 aromatic carbocycles. The average Bonchev–Trinajstić information content (AvgIpc) is 3.38. The van der Waals surface area contributed by atoms with Crippen molar-refractivity contribution in [3.63, 3.8) is 0 Å². The summed E-state index contributed by atoms with van der Waals surface area (Å²) >= 11 is 13.1. The van der Waals surface area contributed by atoms with Crippen LogP contribution in [0.5, 0.6) is 5.88 Å². The summed E-state index contributed by atoms with van der Waals surface area (Å²) in [5.74, 6) is -2.63. The van der Waals surface area contributed by atoms with E-state index in [-0.39, 0.29) is 72.9 Å². The second-order valence-electron chi connectivity index (χ2n) is 11.6. The predicted octanol–water partition coefficient (Wildman–Crippen LogP) is 5.99. The first-order valence-electron chi connectivity index (χ1n) is 14.1. The van der Waals surface area contributed by atoms with Crippen LogP contribution in [0.1, 0.15) is 66.8 Å². The van der Waals surface area contributed by atoms with Gasteiger partial charge in [0.1, 0.15) is 11.4 Å². The molecular weight excluding hydrogens is 648 g/mol. The van der Waals surface area contributed by atoms with E-state index in [1.54, 1.807) is 26.0 Å². The molecule has 16 heteroatoms. The van der Waals surface area contributed by atoms with E-state index in [9.17, 15) is 36.6 Å². The third-order valence-electron chi connectivity index (χ3n) is 7.66. The number of aromatic amines is 1. The van der Waals surface area contributed by atoms with Crippen molar-refractivity contribution in [3.8, 4) is 5.88 Å². The molecular formula is C29H32Cl2F5N5O4. The lowest BCUT2D eigenvalue weighted by atomic mass is 9.85. The number of nitrogens with zero attached hydrogens (tertiary/aromatic N) is 2. The van der Waals surface area contributed by atoms with E-state index in [0.717, 1.165) is 0 Å². The van der Waals surface area contributed by atoms with E-state index < -0.39 is 48.4 Å². The predicted molar refractivity (Wildman–Crippen MR) is 157 cm³/mol. The highest BCUT2D eigenvalue weighted by Crippen LogP contribution is 2.38. The van der Waals surface area contributed by atoms with Gasteiger partial charge in [0.25, 0.3) is 12.3 Å². The molecule has 4 rings (SSSR count). The first-order valence-corrected chi connectivity index (χ1v) is 14.9. The molecule has 2 amide bonds. The van der Waals surface area contributed by atoms with Crippen LogP contribution in [0.4, 0.5) is 22.0 Å². The van der Waals surface area contributed by atoms with E-state index in [1.807, 2.05) is 0 Å². The molecule has 4 N–H and O–H groups in total. The number of carbonyl (C=O) groups is 2. The van der Waals surface area contributed by atoms with Crippen molar-refractivity contribution >= 4 is 46.2 Å². The molecule has 0 spiro atoms. The number of aliphatic hydroxyl groups is 1. The summed E-state index contributed by atoms with van der Waals surface area (Å²) in [5.41, 5.74) is 0.158. The highest BCUT2D eigenvalue weighted by atomic mass is 35.5. The smallest absolute Gasteiger partial charge is 0.391 e. The monoisotopic (exact) mass is 679 g/mol. The highest BCUT2D eigenvalue weighted by molar-refractivity contribution is 6.36. The summed E-state index contributed by atoms with van der Waals surface area (Å²) in [6.45, 7) is 1.85. The Hall–Kier alpha value is -3.23. The second kappa shape index (κ2) is 14.0. The summed E-state index contributed by atoms with van der Waals surface area (Å²) in [6.07, 6.45) is -7.15. The molecule has 246 valence electrons. The Morgan fingerprint density at radius 2 is 1.82 bits per heavy atom. The number of imidazole rings is 1. The zero-order chi connectivity index (χ0) is 33.1. The third-order valence-corrected chi connectivity index (χ3v) is 8.49. The Morgan fingerprint density at radius 1 is 1.13 bits per heavy atom. The first-order chi connectivity index (χ1) is 21.1. The topological polar surface area (TPSA) is 129 Å². The van der Waals surface area contributed by atoms with Crippen molar-refractivity contribution in [2.24, 2.45) is 11.3 Å². The molecule has 2 heterocycles. The number of nitrogens with one attached hydrogen (secondary N) is 3. The Kier molecular flexibility index (Phi) is 10.8. The molecule has 0 atom stereocenters. The van der Waals surface area contributed by atoms with E-state index in [2.05, 4.69) is 25.6 Å². The van der Waals surface area contributed by atoms with Gasteiger partial charge in [0.05, 0.1) is 28.5 Å². The number of pyridine rings is 1. The fraction of sp³-hybridized carbons (Fsp3) is 0.517. The van der Waals surface area contributed by atoms with Crippen LogP contribution >= 0.6 is 23.2 Å². The van der Waals surface area contributed by atoms with Crippen molar-refractivity contribution in [2.45, 2.75) is 71.1 Å². The number of amides is 2. The largest absolute Gasteiger partial charge is 0.471 e. The van der Waals surface area contributed by atoms with E-state index in [4.69, 9.17) is 27.9 Å². The van der Waals surface area contributed by atoms with Crippen LogP contribution in [-0.4, -0.2) is 63.7 Å². The fourth-order valence-electron chi connectivity index (χ4n) is 4.90. The summed E-state index contributed by atoms with van der Waals surface area (Å²) in [7, 11) is 0. The van der Waals surface area contributed by atoms with Crippen molar-refractivity contribution in [1.82, 2.24) is 25.6 Å². The molecule has 1 saturated carbocycles. The molecule has 9 nitrogen and oxygen atoms in total. The summed E-state index contributed by atoms with van der Waals surface area (Å²) in [5, 5.41) is 15.4. The van der Waals surface area contributed by atoms with Gasteiger partial charge in [0.15, 0.2) is 12.3 Å². The number of aromatic nitrogens is 3. The van der Waals surface area contributed by atoms with Gasteiger partial charge in [0.2, 0.25) is 11.8 Å². The Morgan fingerprint density at radius 3 is 2.44 bits per heavy atom. The van der Waals surface area contributed by atoms with Gasteiger partial charge in [-0.25, -0.2) is 13.8 Å². The molecule has 45 heavy (non-hydrogen) atoms. The van der Waals surface area contributed by atoms with Gasteiger partial charge in [0, 0.05) is 24.0 Å². The zero-order valence-corrected chi connectivity index (χ0v) is 25.8. The number of hydrogen-bond donors (Lipinski definition) is 4. The molecule has 1 aliphatic carbocycles. The van der Waals surface area contributed by atoms with Crippen LogP contribution in [-0.2, 0) is 17.8 Å². The number of ether oxygens (including phenoxy) is 1. The molecule has 3 aromatic rings. The summed E-state index contributed by atoms with van der Waals surface area (Å²) in [4.78, 5) is 37.1. The van der Waals surface area contributed by atoms with Crippen LogP contribution < -0.4 is 15.4 Å². The number of carbonyl (C=O) groups excluding carboxylic acids is 2. The summed E-state index contributed by atoms with van der Waals surface area (Å²) in [6, 6.07) is 4.04. The molecule has 1 aliphatic rings. The molecule has 0 radical (unpaired) electrons. The van der Waals surface area contributed by atoms with E-state index >= 15 is 0 Å². The minimum Gasteiger partial charge on any atom is -0.471 e. The standard InChI is InChI=1S/C29H32Cl2F5N5O4/c1-28(2,13-42)27(44)37-11-14-3-8-19(30)17(23(14)31)10-22-39-20-9-18(26(41-24(20)40-22)45-12-21(32)33)25(43)38-16-6-4-15(5-7-16)29(34,35)36/h3,8-9,15-16,21,42H,4-7,10-13H2,1-2H3,(H,37,44)(H,38,43)(H,39,40,41). The minimum absolute atomic E-state index is 0.0541. The van der Waals surface area contributed by atoms with Gasteiger partial charge in [-0.2, -0.15) is 18.2 Å². The number of rotatable bonds is 11. The molecule has 2 aromatic heterocycles. The molecule has 0 saturated heterocycles. The Labute approximate surface area is 265 Å². The molecule has 1 fully saturated rings. The van der Waals surface area contributed by atoms with Gasteiger partial charge in [-0.15, -0.1) is 0 Å². The van der Waals surface area contributed by atoms with Gasteiger partial charge >= 0.3 is 6.18 Å². The SMILES string of the molecule is CC(C)(CO)C(=O)NCc1ccc(Cl)c(Cc2nc3nc(OCC(F)F)c(C(=O)NC4CCC(C(F)(F)F)CC4)cc3[nH]2)c1Cl. The minimum atomic E-state index is -4.30. The van der Waals surface area contributed by atoms with Crippen molar-refractivity contribution in [2.75, 3.05) is 13.2 Å². The number of aliphatic hydroxyl groups excluding tert-OH is 1. The lowest BCUT2D eigenvalue weighted by Gasteiger charge is -2.30. The Balaban J connectivity index is 1.56.